The second-order valence-corrected chi connectivity index (χ2v) is 7.26. The Morgan fingerprint density at radius 2 is 2.15 bits per heavy atom. The predicted molar refractivity (Wildman–Crippen MR) is 92.9 cm³/mol. The molecule has 142 valence electrons. The normalized spacial score (nSPS) is 14.1. The molecular weight excluding hydrogens is 393 g/mol. The quantitative estimate of drug-likeness (QED) is 0.737. The average Bonchev–Trinajstić information content (AvgIpc) is 2.94. The zero-order chi connectivity index (χ0) is 19.5. The van der Waals surface area contributed by atoms with Crippen molar-refractivity contribution in [2.75, 3.05) is 17.7 Å². The van der Waals surface area contributed by atoms with Gasteiger partial charge in [-0.05, 0) is 19.1 Å². The van der Waals surface area contributed by atoms with Crippen LogP contribution in [0.5, 0.6) is 0 Å². The first-order valence-corrected chi connectivity index (χ1v) is 9.50. The molecule has 2 unspecified atom stereocenters. The fraction of sp³-hybridized carbons (Fsp3) is 0.400. The third kappa shape index (κ3) is 4.61. The van der Waals surface area contributed by atoms with Gasteiger partial charge >= 0.3 is 6.18 Å². The van der Waals surface area contributed by atoms with E-state index in [-0.39, 0.29) is 17.4 Å². The van der Waals surface area contributed by atoms with Gasteiger partial charge in [0.05, 0.1) is 24.5 Å². The molecule has 6 nitrogen and oxygen atoms in total. The Morgan fingerprint density at radius 3 is 2.65 bits per heavy atom. The predicted octanol–water partition coefficient (Wildman–Crippen LogP) is 2.97. The Labute approximate surface area is 155 Å². The summed E-state index contributed by atoms with van der Waals surface area (Å²) in [7, 11) is -2.23. The van der Waals surface area contributed by atoms with Gasteiger partial charge in [0.2, 0.25) is 5.91 Å². The van der Waals surface area contributed by atoms with Crippen molar-refractivity contribution in [3.05, 3.63) is 35.9 Å². The molecule has 0 N–H and O–H groups in total. The van der Waals surface area contributed by atoms with Crippen LogP contribution in [0.3, 0.4) is 0 Å². The Kier molecular flexibility index (Phi) is 6.40. The molecule has 2 rings (SSSR count). The van der Waals surface area contributed by atoms with Crippen LogP contribution in [-0.2, 0) is 15.6 Å². The van der Waals surface area contributed by atoms with Crippen LogP contribution in [0.25, 0.3) is 5.69 Å². The molecule has 2 aromatic rings. The molecule has 0 radical (unpaired) electrons. The maximum Gasteiger partial charge on any atom is 0.403 e. The molecule has 0 saturated carbocycles. The van der Waals surface area contributed by atoms with Crippen molar-refractivity contribution >= 4 is 34.0 Å². The fourth-order valence-corrected chi connectivity index (χ4v) is 3.30. The number of nitrogens with zero attached hydrogens (tertiary/aromatic N) is 4. The highest BCUT2D eigenvalue weighted by Crippen LogP contribution is 2.30. The van der Waals surface area contributed by atoms with E-state index in [0.29, 0.717) is 5.69 Å². The van der Waals surface area contributed by atoms with E-state index in [2.05, 4.69) is 10.1 Å². The highest BCUT2D eigenvalue weighted by Gasteiger charge is 2.44. The minimum absolute atomic E-state index is 0.0368. The maximum atomic E-state index is 13.0. The number of halogens is 4. The van der Waals surface area contributed by atoms with E-state index in [4.69, 9.17) is 11.6 Å². The number of anilines is 1. The van der Waals surface area contributed by atoms with Gasteiger partial charge in [-0.2, -0.15) is 18.3 Å². The van der Waals surface area contributed by atoms with Crippen molar-refractivity contribution in [2.45, 2.75) is 24.8 Å². The molecule has 0 fully saturated rings. The van der Waals surface area contributed by atoms with E-state index in [0.717, 1.165) is 11.2 Å². The first-order chi connectivity index (χ1) is 12.1. The molecule has 0 saturated heterocycles. The Morgan fingerprint density at radius 1 is 1.46 bits per heavy atom. The lowest BCUT2D eigenvalue weighted by atomic mass is 10.2. The number of amides is 1. The molecule has 0 aromatic carbocycles. The summed E-state index contributed by atoms with van der Waals surface area (Å²) in [5.41, 5.74) is 0.748. The summed E-state index contributed by atoms with van der Waals surface area (Å²) in [4.78, 5) is 17.5. The maximum absolute atomic E-state index is 13.0. The van der Waals surface area contributed by atoms with Gasteiger partial charge in [-0.1, -0.05) is 11.6 Å². The molecule has 26 heavy (non-hydrogen) atoms. The minimum atomic E-state index is -4.74. The largest absolute Gasteiger partial charge is 0.403 e. The lowest BCUT2D eigenvalue weighted by Crippen LogP contribution is -2.40. The highest BCUT2D eigenvalue weighted by molar-refractivity contribution is 7.85. The first kappa shape index (κ1) is 20.4. The Hall–Kier alpha value is -1.94. The zero-order valence-electron chi connectivity index (χ0n) is 13.9. The number of carbonyl (C=O) groups is 1. The van der Waals surface area contributed by atoms with E-state index in [9.17, 15) is 22.2 Å². The van der Waals surface area contributed by atoms with Crippen molar-refractivity contribution in [1.82, 2.24) is 14.8 Å². The van der Waals surface area contributed by atoms with Crippen molar-refractivity contribution in [3.8, 4) is 5.69 Å². The second-order valence-electron chi connectivity index (χ2n) is 5.33. The number of aromatic nitrogens is 3. The SMILES string of the molecule is CCN(C(=O)CC(S(C)=O)C(F)(F)F)c1cn(-c2cccnc2)nc1Cl. The molecule has 0 bridgehead atoms. The monoisotopic (exact) mass is 408 g/mol. The van der Waals surface area contributed by atoms with E-state index < -0.39 is 34.6 Å². The van der Waals surface area contributed by atoms with Crippen molar-refractivity contribution in [2.24, 2.45) is 0 Å². The molecule has 0 aliphatic carbocycles. The van der Waals surface area contributed by atoms with Gasteiger partial charge in [-0.15, -0.1) is 0 Å². The van der Waals surface area contributed by atoms with Crippen LogP contribution in [0.4, 0.5) is 18.9 Å². The molecule has 11 heteroatoms. The molecule has 0 aliphatic rings. The molecule has 0 aliphatic heterocycles. The van der Waals surface area contributed by atoms with Crippen LogP contribution in [0.2, 0.25) is 5.15 Å². The fourth-order valence-electron chi connectivity index (χ4n) is 2.32. The van der Waals surface area contributed by atoms with Crippen LogP contribution in [0, 0.1) is 0 Å². The zero-order valence-corrected chi connectivity index (χ0v) is 15.5. The topological polar surface area (TPSA) is 68.1 Å². The number of hydrogen-bond donors (Lipinski definition) is 0. The van der Waals surface area contributed by atoms with Crippen LogP contribution in [-0.4, -0.2) is 49.1 Å². The highest BCUT2D eigenvalue weighted by atomic mass is 35.5. The van der Waals surface area contributed by atoms with E-state index in [1.807, 2.05) is 0 Å². The summed E-state index contributed by atoms with van der Waals surface area (Å²) in [6.45, 7) is 1.68. The number of carbonyl (C=O) groups excluding carboxylic acids is 1. The lowest BCUT2D eigenvalue weighted by molar-refractivity contribution is -0.139. The summed E-state index contributed by atoms with van der Waals surface area (Å²) >= 11 is 6.07. The van der Waals surface area contributed by atoms with E-state index >= 15 is 0 Å². The average molecular weight is 409 g/mol. The van der Waals surface area contributed by atoms with Crippen molar-refractivity contribution in [3.63, 3.8) is 0 Å². The summed E-state index contributed by atoms with van der Waals surface area (Å²) in [6, 6.07) is 3.38. The molecular formula is C15H16ClF3N4O2S. The van der Waals surface area contributed by atoms with Crippen molar-refractivity contribution < 1.29 is 22.2 Å². The number of hydrogen-bond acceptors (Lipinski definition) is 4. The summed E-state index contributed by atoms with van der Waals surface area (Å²) < 4.78 is 51.8. The van der Waals surface area contributed by atoms with Gasteiger partial charge in [0, 0.05) is 29.8 Å². The number of rotatable bonds is 6. The third-order valence-corrected chi connectivity index (χ3v) is 5.10. The minimum Gasteiger partial charge on any atom is -0.308 e. The van der Waals surface area contributed by atoms with Gasteiger partial charge in [-0.3, -0.25) is 14.0 Å². The third-order valence-electron chi connectivity index (χ3n) is 3.60. The summed E-state index contributed by atoms with van der Waals surface area (Å²) in [5.74, 6) is -0.835. The number of pyridine rings is 1. The van der Waals surface area contributed by atoms with Gasteiger partial charge < -0.3 is 4.90 Å². The van der Waals surface area contributed by atoms with Crippen LogP contribution in [0.15, 0.2) is 30.7 Å². The van der Waals surface area contributed by atoms with Crippen LogP contribution < -0.4 is 4.90 Å². The lowest BCUT2D eigenvalue weighted by Gasteiger charge is -2.23. The van der Waals surface area contributed by atoms with Gasteiger partial charge in [0.15, 0.2) is 5.15 Å². The Bertz CT molecular complexity index is 798. The molecule has 1 amide bonds. The van der Waals surface area contributed by atoms with Gasteiger partial charge in [0.1, 0.15) is 10.9 Å². The van der Waals surface area contributed by atoms with Crippen LogP contribution >= 0.6 is 11.6 Å². The summed E-state index contributed by atoms with van der Waals surface area (Å²) in [6.07, 6.45) is -0.223. The molecule has 0 spiro atoms. The Balaban J connectivity index is 2.29. The van der Waals surface area contributed by atoms with E-state index in [1.165, 1.54) is 17.1 Å². The van der Waals surface area contributed by atoms with Gasteiger partial charge in [0.25, 0.3) is 0 Å². The standard InChI is InChI=1S/C15H16ClF3N4O2S/c1-3-22(13(24)7-12(26(2)25)15(17,18)19)11-9-23(21-14(11)16)10-5-4-6-20-8-10/h4-6,8-9,12H,3,7H2,1-2H3. The first-order valence-electron chi connectivity index (χ1n) is 7.50. The molecule has 2 aromatic heterocycles. The molecule has 2 heterocycles. The molecule has 2 atom stereocenters. The van der Waals surface area contributed by atoms with Crippen molar-refractivity contribution in [1.29, 1.82) is 0 Å². The second kappa shape index (κ2) is 8.17. The van der Waals surface area contributed by atoms with Crippen LogP contribution in [0.1, 0.15) is 13.3 Å². The van der Waals surface area contributed by atoms with Gasteiger partial charge in [-0.25, -0.2) is 4.68 Å². The van der Waals surface area contributed by atoms with E-state index in [1.54, 1.807) is 25.3 Å². The smallest absolute Gasteiger partial charge is 0.308 e. The summed E-state index contributed by atoms with van der Waals surface area (Å²) in [5, 5.41) is 1.78. The number of alkyl halides is 3.